The molecule has 0 aliphatic rings. The van der Waals surface area contributed by atoms with E-state index in [0.717, 1.165) is 11.3 Å². The monoisotopic (exact) mass is 629 g/mol. The highest BCUT2D eigenvalue weighted by atomic mass is 14.7. The molecular formula is C48H39N. The summed E-state index contributed by atoms with van der Waals surface area (Å²) in [6.07, 6.45) is 6.01. The van der Waals surface area contributed by atoms with Crippen molar-refractivity contribution in [1.29, 1.82) is 0 Å². The van der Waals surface area contributed by atoms with Crippen molar-refractivity contribution in [2.45, 2.75) is 33.1 Å². The molecule has 0 atom stereocenters. The van der Waals surface area contributed by atoms with Gasteiger partial charge in [-0.1, -0.05) is 148 Å². The normalized spacial score (nSPS) is 12.6. The Bertz CT molecular complexity index is 2570. The van der Waals surface area contributed by atoms with E-state index in [2.05, 4.69) is 166 Å². The van der Waals surface area contributed by atoms with Crippen LogP contribution in [0.1, 0.15) is 38.8 Å². The summed E-state index contributed by atoms with van der Waals surface area (Å²) in [7, 11) is 0. The number of aliphatic imine (C=N–C) groups is 1. The van der Waals surface area contributed by atoms with Gasteiger partial charge in [-0.25, -0.2) is 0 Å². The molecule has 8 rings (SSSR count). The maximum Gasteiger partial charge on any atom is 0.0694 e. The minimum Gasteiger partial charge on any atom is -0.264 e. The first-order valence-electron chi connectivity index (χ1n) is 17.1. The second-order valence-electron chi connectivity index (χ2n) is 14.1. The molecule has 1 nitrogen and oxygen atoms in total. The Labute approximate surface area is 288 Å². The van der Waals surface area contributed by atoms with Crippen molar-refractivity contribution in [3.05, 3.63) is 163 Å². The minimum absolute atomic E-state index is 0.0617. The highest BCUT2D eigenvalue weighted by molar-refractivity contribution is 6.28. The zero-order valence-corrected chi connectivity index (χ0v) is 28.6. The molecule has 0 saturated carbocycles. The van der Waals surface area contributed by atoms with Crippen molar-refractivity contribution in [3.63, 3.8) is 0 Å². The van der Waals surface area contributed by atoms with Gasteiger partial charge in [0.25, 0.3) is 0 Å². The van der Waals surface area contributed by atoms with E-state index < -0.39 is 0 Å². The SMILES string of the molecule is C=N/C(=C\C=C/C)c1ccc(-c2cc(-c3cccc(-c4ccc5ccccc5c4)c3)c3ccc4cc(C(C)(C)C)cc5ccc2c3c54)cc1. The Morgan fingerprint density at radius 3 is 1.84 bits per heavy atom. The van der Waals surface area contributed by atoms with Gasteiger partial charge in [0.05, 0.1) is 5.70 Å². The van der Waals surface area contributed by atoms with Gasteiger partial charge in [-0.15, -0.1) is 0 Å². The molecule has 0 unspecified atom stereocenters. The quantitative estimate of drug-likeness (QED) is 0.0986. The summed E-state index contributed by atoms with van der Waals surface area (Å²) in [5.41, 5.74) is 10.6. The van der Waals surface area contributed by atoms with Crippen LogP contribution < -0.4 is 0 Å². The van der Waals surface area contributed by atoms with Crippen molar-refractivity contribution in [3.8, 4) is 33.4 Å². The van der Waals surface area contributed by atoms with Gasteiger partial charge in [-0.3, -0.25) is 4.99 Å². The second-order valence-corrected chi connectivity index (χ2v) is 14.1. The Hall–Kier alpha value is -5.79. The Balaban J connectivity index is 1.38. The average molecular weight is 630 g/mol. The fourth-order valence-electron chi connectivity index (χ4n) is 7.31. The molecule has 0 saturated heterocycles. The molecule has 0 spiro atoms. The number of nitrogens with zero attached hydrogens (tertiary/aromatic N) is 1. The lowest BCUT2D eigenvalue weighted by molar-refractivity contribution is 0.591. The summed E-state index contributed by atoms with van der Waals surface area (Å²) < 4.78 is 0. The van der Waals surface area contributed by atoms with Crippen LogP contribution in [0.3, 0.4) is 0 Å². The molecule has 0 fully saturated rings. The lowest BCUT2D eigenvalue weighted by Crippen LogP contribution is -2.10. The Morgan fingerprint density at radius 2 is 1.16 bits per heavy atom. The fraction of sp³-hybridized carbons (Fsp3) is 0.104. The topological polar surface area (TPSA) is 12.4 Å². The number of fused-ring (bicyclic) bond motifs is 1. The van der Waals surface area contributed by atoms with Crippen molar-refractivity contribution in [1.82, 2.24) is 0 Å². The lowest BCUT2D eigenvalue weighted by Gasteiger charge is -2.23. The van der Waals surface area contributed by atoms with Crippen LogP contribution in [-0.4, -0.2) is 6.72 Å². The smallest absolute Gasteiger partial charge is 0.0694 e. The number of rotatable bonds is 6. The van der Waals surface area contributed by atoms with Crippen LogP contribution in [0.15, 0.2) is 157 Å². The fourth-order valence-corrected chi connectivity index (χ4v) is 7.31. The zero-order chi connectivity index (χ0) is 33.7. The van der Waals surface area contributed by atoms with Gasteiger partial charge < -0.3 is 0 Å². The van der Waals surface area contributed by atoms with Crippen LogP contribution in [-0.2, 0) is 5.41 Å². The van der Waals surface area contributed by atoms with Crippen molar-refractivity contribution in [2.75, 3.05) is 0 Å². The highest BCUT2D eigenvalue weighted by Gasteiger charge is 2.20. The average Bonchev–Trinajstić information content (AvgIpc) is 3.13. The predicted octanol–water partition coefficient (Wildman–Crippen LogP) is 13.7. The molecule has 8 aromatic carbocycles. The highest BCUT2D eigenvalue weighted by Crippen LogP contribution is 2.45. The standard InChI is InChI=1S/C48H39N/c1-6-7-15-45(49-5)33-19-17-32(18-20-33)43-30-44(37-14-10-13-35(27-37)36-21-16-31-11-8-9-12-34(31)26-36)42-25-23-39-29-40(48(2,3)4)28-38-22-24-41(43)47(42)46(38)39/h6-30H,5H2,1-4H3/b7-6-,45-15-. The van der Waals surface area contributed by atoms with Crippen LogP contribution in [0, 0.1) is 0 Å². The van der Waals surface area contributed by atoms with Gasteiger partial charge in [0.2, 0.25) is 0 Å². The van der Waals surface area contributed by atoms with E-state index in [1.807, 2.05) is 25.2 Å². The molecule has 0 aromatic heterocycles. The van der Waals surface area contributed by atoms with Crippen molar-refractivity contribution in [2.24, 2.45) is 4.99 Å². The summed E-state index contributed by atoms with van der Waals surface area (Å²) in [4.78, 5) is 4.29. The van der Waals surface area contributed by atoms with E-state index in [-0.39, 0.29) is 5.41 Å². The summed E-state index contributed by atoms with van der Waals surface area (Å²) >= 11 is 0. The van der Waals surface area contributed by atoms with Gasteiger partial charge in [-0.2, -0.15) is 0 Å². The first kappa shape index (κ1) is 30.5. The molecule has 0 amide bonds. The second kappa shape index (κ2) is 12.0. The van der Waals surface area contributed by atoms with Gasteiger partial charge in [0, 0.05) is 5.56 Å². The van der Waals surface area contributed by atoms with Gasteiger partial charge >= 0.3 is 0 Å². The molecule has 0 N–H and O–H groups in total. The Morgan fingerprint density at radius 1 is 0.551 bits per heavy atom. The summed E-state index contributed by atoms with van der Waals surface area (Å²) in [6.45, 7) is 12.7. The third kappa shape index (κ3) is 5.42. The number of hydrogen-bond donors (Lipinski definition) is 0. The predicted molar refractivity (Wildman–Crippen MR) is 215 cm³/mol. The van der Waals surface area contributed by atoms with Gasteiger partial charge in [0.1, 0.15) is 0 Å². The molecule has 0 heterocycles. The summed E-state index contributed by atoms with van der Waals surface area (Å²) in [5, 5.41) is 10.3. The maximum absolute atomic E-state index is 4.29. The first-order chi connectivity index (χ1) is 23.8. The molecule has 1 heteroatoms. The molecule has 8 aromatic rings. The molecule has 0 aliphatic heterocycles. The third-order valence-corrected chi connectivity index (χ3v) is 9.95. The Kier molecular flexibility index (Phi) is 7.49. The molecule has 0 aliphatic carbocycles. The molecular weight excluding hydrogens is 591 g/mol. The van der Waals surface area contributed by atoms with Crippen LogP contribution in [0.5, 0.6) is 0 Å². The molecule has 0 bridgehead atoms. The van der Waals surface area contributed by atoms with Gasteiger partial charge in [-0.05, 0) is 125 Å². The third-order valence-electron chi connectivity index (χ3n) is 9.95. The summed E-state index contributed by atoms with van der Waals surface area (Å²) in [6, 6.07) is 49.6. The van der Waals surface area contributed by atoms with E-state index in [0.29, 0.717) is 0 Å². The van der Waals surface area contributed by atoms with E-state index in [4.69, 9.17) is 0 Å². The first-order valence-corrected chi connectivity index (χ1v) is 17.1. The van der Waals surface area contributed by atoms with E-state index >= 15 is 0 Å². The lowest BCUT2D eigenvalue weighted by atomic mass is 9.81. The van der Waals surface area contributed by atoms with E-state index in [1.165, 1.54) is 82.0 Å². The van der Waals surface area contributed by atoms with Crippen LogP contribution in [0.2, 0.25) is 0 Å². The largest absolute Gasteiger partial charge is 0.264 e. The number of hydrogen-bond acceptors (Lipinski definition) is 1. The van der Waals surface area contributed by atoms with Crippen molar-refractivity contribution < 1.29 is 0 Å². The van der Waals surface area contributed by atoms with Gasteiger partial charge in [0.15, 0.2) is 0 Å². The van der Waals surface area contributed by atoms with Crippen LogP contribution >= 0.6 is 0 Å². The summed E-state index contributed by atoms with van der Waals surface area (Å²) in [5.74, 6) is 0. The number of allylic oxidation sites excluding steroid dienone is 3. The maximum atomic E-state index is 4.29. The van der Waals surface area contributed by atoms with Crippen LogP contribution in [0.4, 0.5) is 0 Å². The van der Waals surface area contributed by atoms with E-state index in [9.17, 15) is 0 Å². The molecule has 49 heavy (non-hydrogen) atoms. The molecule has 0 radical (unpaired) electrons. The van der Waals surface area contributed by atoms with Crippen molar-refractivity contribution >= 4 is 55.5 Å². The van der Waals surface area contributed by atoms with Crippen LogP contribution in [0.25, 0.3) is 82.2 Å². The minimum atomic E-state index is 0.0617. The van der Waals surface area contributed by atoms with E-state index in [1.54, 1.807) is 0 Å². The number of benzene rings is 8. The zero-order valence-electron chi connectivity index (χ0n) is 28.6. The molecule has 236 valence electrons.